The van der Waals surface area contributed by atoms with Gasteiger partial charge < -0.3 is 5.32 Å². The summed E-state index contributed by atoms with van der Waals surface area (Å²) in [5.41, 5.74) is 2.10. The summed E-state index contributed by atoms with van der Waals surface area (Å²) in [5.74, 6) is -0.128. The fourth-order valence-electron chi connectivity index (χ4n) is 1.93. The zero-order valence-corrected chi connectivity index (χ0v) is 11.6. The van der Waals surface area contributed by atoms with Crippen molar-refractivity contribution in [2.75, 3.05) is 6.54 Å². The van der Waals surface area contributed by atoms with E-state index in [0.29, 0.717) is 24.2 Å². The van der Waals surface area contributed by atoms with Gasteiger partial charge in [0.2, 0.25) is 0 Å². The Morgan fingerprint density at radius 2 is 2.00 bits per heavy atom. The summed E-state index contributed by atoms with van der Waals surface area (Å²) in [5, 5.41) is 2.81. The maximum Gasteiger partial charge on any atom is 0.256 e. The first-order chi connectivity index (χ1) is 9.59. The summed E-state index contributed by atoms with van der Waals surface area (Å²) in [7, 11) is 0. The van der Waals surface area contributed by atoms with Crippen molar-refractivity contribution in [3.8, 4) is 0 Å². The first-order valence-corrected chi connectivity index (χ1v) is 6.44. The van der Waals surface area contributed by atoms with Crippen LogP contribution in [0.25, 0.3) is 0 Å². The summed E-state index contributed by atoms with van der Waals surface area (Å²) in [4.78, 5) is 27.7. The second kappa shape index (κ2) is 6.14. The minimum absolute atomic E-state index is 0.0786. The van der Waals surface area contributed by atoms with E-state index < -0.39 is 0 Å². The lowest BCUT2D eigenvalue weighted by Crippen LogP contribution is -2.31. The number of amides is 1. The average Bonchev–Trinajstić information content (AvgIpc) is 2.44. The number of carbonyl (C=O) groups excluding carboxylic acids is 1. The Labute approximate surface area is 117 Å². The number of rotatable bonds is 4. The lowest BCUT2D eigenvalue weighted by atomic mass is 10.1. The van der Waals surface area contributed by atoms with Gasteiger partial charge >= 0.3 is 0 Å². The zero-order valence-electron chi connectivity index (χ0n) is 11.6. The molecule has 104 valence electrons. The molecule has 1 aromatic heterocycles. The van der Waals surface area contributed by atoms with E-state index in [9.17, 15) is 9.59 Å². The van der Waals surface area contributed by atoms with Crippen LogP contribution in [-0.4, -0.2) is 22.0 Å². The summed E-state index contributed by atoms with van der Waals surface area (Å²) >= 11 is 0. The number of aryl methyl sites for hydroxylation is 2. The second-order valence-corrected chi connectivity index (χ2v) is 4.65. The molecule has 5 heteroatoms. The maximum atomic E-state index is 12.0. The van der Waals surface area contributed by atoms with E-state index in [1.807, 2.05) is 25.1 Å². The molecule has 1 N–H and O–H groups in total. The van der Waals surface area contributed by atoms with E-state index in [0.717, 1.165) is 5.56 Å². The molecule has 0 unspecified atom stereocenters. The number of carbonyl (C=O) groups is 1. The van der Waals surface area contributed by atoms with Crippen LogP contribution < -0.4 is 10.9 Å². The number of hydrogen-bond acceptors (Lipinski definition) is 3. The van der Waals surface area contributed by atoms with E-state index in [-0.39, 0.29) is 11.5 Å². The van der Waals surface area contributed by atoms with Gasteiger partial charge in [0.15, 0.2) is 0 Å². The highest BCUT2D eigenvalue weighted by Gasteiger charge is 2.07. The second-order valence-electron chi connectivity index (χ2n) is 4.65. The fourth-order valence-corrected chi connectivity index (χ4v) is 1.93. The molecular formula is C15H17N3O2. The Balaban J connectivity index is 1.97. The number of nitrogens with zero attached hydrogens (tertiary/aromatic N) is 2. The van der Waals surface area contributed by atoms with Crippen molar-refractivity contribution < 1.29 is 4.79 Å². The Hall–Kier alpha value is -2.43. The normalized spacial score (nSPS) is 10.3. The molecule has 0 saturated heterocycles. The van der Waals surface area contributed by atoms with Gasteiger partial charge in [-0.1, -0.05) is 18.2 Å². The van der Waals surface area contributed by atoms with Crippen LogP contribution in [0.4, 0.5) is 0 Å². The molecule has 1 aromatic carbocycles. The van der Waals surface area contributed by atoms with Crippen LogP contribution in [0.5, 0.6) is 0 Å². The van der Waals surface area contributed by atoms with Gasteiger partial charge in [-0.25, -0.2) is 4.98 Å². The van der Waals surface area contributed by atoms with Gasteiger partial charge in [0.05, 0.1) is 6.33 Å². The molecule has 0 radical (unpaired) electrons. The van der Waals surface area contributed by atoms with Crippen molar-refractivity contribution in [2.45, 2.75) is 20.4 Å². The number of hydrogen-bond donors (Lipinski definition) is 1. The highest BCUT2D eigenvalue weighted by molar-refractivity contribution is 5.95. The quantitative estimate of drug-likeness (QED) is 0.911. The van der Waals surface area contributed by atoms with Crippen molar-refractivity contribution in [3.05, 3.63) is 63.8 Å². The lowest BCUT2D eigenvalue weighted by molar-refractivity contribution is 0.0951. The van der Waals surface area contributed by atoms with Crippen molar-refractivity contribution in [3.63, 3.8) is 0 Å². The molecule has 5 nitrogen and oxygen atoms in total. The smallest absolute Gasteiger partial charge is 0.256 e. The van der Waals surface area contributed by atoms with Gasteiger partial charge in [0, 0.05) is 30.4 Å². The van der Waals surface area contributed by atoms with Gasteiger partial charge in [-0.15, -0.1) is 0 Å². The predicted molar refractivity (Wildman–Crippen MR) is 76.7 cm³/mol. The van der Waals surface area contributed by atoms with Crippen LogP contribution in [0.15, 0.2) is 41.6 Å². The van der Waals surface area contributed by atoms with Gasteiger partial charge in [-0.2, -0.15) is 0 Å². The average molecular weight is 271 g/mol. The van der Waals surface area contributed by atoms with Crippen LogP contribution in [0.3, 0.4) is 0 Å². The standard InChI is InChI=1S/C15H17N3O2/c1-11-5-3-4-6-13(11)14(19)17-7-8-18-10-16-9-12(2)15(18)20/h3-6,9-10H,7-8H2,1-2H3,(H,17,19). The molecule has 1 heterocycles. The van der Waals surface area contributed by atoms with Crippen LogP contribution in [-0.2, 0) is 6.54 Å². The SMILES string of the molecule is Cc1ccccc1C(=O)NCCn1cncc(C)c1=O. The maximum absolute atomic E-state index is 12.0. The highest BCUT2D eigenvalue weighted by atomic mass is 16.1. The third-order valence-electron chi connectivity index (χ3n) is 3.10. The molecule has 0 aliphatic rings. The highest BCUT2D eigenvalue weighted by Crippen LogP contribution is 2.06. The summed E-state index contributed by atoms with van der Waals surface area (Å²) in [6, 6.07) is 7.40. The fraction of sp³-hybridized carbons (Fsp3) is 0.267. The Morgan fingerprint density at radius 1 is 1.25 bits per heavy atom. The summed E-state index contributed by atoms with van der Waals surface area (Å²) in [6.07, 6.45) is 3.01. The lowest BCUT2D eigenvalue weighted by Gasteiger charge is -2.09. The summed E-state index contributed by atoms with van der Waals surface area (Å²) in [6.45, 7) is 4.41. The summed E-state index contributed by atoms with van der Waals surface area (Å²) < 4.78 is 1.49. The first kappa shape index (κ1) is 14.0. The van der Waals surface area contributed by atoms with Gasteiger partial charge in [0.1, 0.15) is 0 Å². The minimum atomic E-state index is -0.128. The molecule has 0 atom stereocenters. The molecule has 2 aromatic rings. The monoisotopic (exact) mass is 271 g/mol. The van der Waals surface area contributed by atoms with E-state index in [4.69, 9.17) is 0 Å². The zero-order chi connectivity index (χ0) is 14.5. The first-order valence-electron chi connectivity index (χ1n) is 6.44. The van der Waals surface area contributed by atoms with Crippen molar-refractivity contribution in [1.82, 2.24) is 14.9 Å². The van der Waals surface area contributed by atoms with Gasteiger partial charge in [-0.3, -0.25) is 14.2 Å². The Bertz CT molecular complexity index is 677. The molecule has 0 bridgehead atoms. The van der Waals surface area contributed by atoms with Crippen LogP contribution >= 0.6 is 0 Å². The molecule has 0 aliphatic heterocycles. The Morgan fingerprint density at radius 3 is 2.75 bits per heavy atom. The minimum Gasteiger partial charge on any atom is -0.350 e. The van der Waals surface area contributed by atoms with E-state index >= 15 is 0 Å². The number of nitrogens with one attached hydrogen (secondary N) is 1. The molecule has 1 amide bonds. The van der Waals surface area contributed by atoms with E-state index in [1.54, 1.807) is 13.0 Å². The van der Waals surface area contributed by atoms with Crippen molar-refractivity contribution >= 4 is 5.91 Å². The largest absolute Gasteiger partial charge is 0.350 e. The topological polar surface area (TPSA) is 64.0 Å². The van der Waals surface area contributed by atoms with Crippen molar-refractivity contribution in [2.24, 2.45) is 0 Å². The molecule has 20 heavy (non-hydrogen) atoms. The Kier molecular flexibility index (Phi) is 4.30. The number of aromatic nitrogens is 2. The van der Waals surface area contributed by atoms with E-state index in [1.165, 1.54) is 17.1 Å². The third-order valence-corrected chi connectivity index (χ3v) is 3.10. The van der Waals surface area contributed by atoms with Crippen molar-refractivity contribution in [1.29, 1.82) is 0 Å². The van der Waals surface area contributed by atoms with Gasteiger partial charge in [0.25, 0.3) is 11.5 Å². The third kappa shape index (κ3) is 3.12. The molecule has 2 rings (SSSR count). The van der Waals surface area contributed by atoms with Crippen LogP contribution in [0.1, 0.15) is 21.5 Å². The van der Waals surface area contributed by atoms with Gasteiger partial charge in [-0.05, 0) is 25.5 Å². The van der Waals surface area contributed by atoms with Crippen LogP contribution in [0.2, 0.25) is 0 Å². The predicted octanol–water partition coefficient (Wildman–Crippen LogP) is 1.29. The molecule has 0 fully saturated rings. The molecule has 0 saturated carbocycles. The molecular weight excluding hydrogens is 254 g/mol. The van der Waals surface area contributed by atoms with Crippen LogP contribution in [0, 0.1) is 13.8 Å². The number of benzene rings is 1. The van der Waals surface area contributed by atoms with E-state index in [2.05, 4.69) is 10.3 Å². The molecule has 0 aliphatic carbocycles. The molecule has 0 spiro atoms.